The van der Waals surface area contributed by atoms with Crippen molar-refractivity contribution in [1.29, 1.82) is 0 Å². The van der Waals surface area contributed by atoms with Gasteiger partial charge in [-0.1, -0.05) is 5.16 Å². The summed E-state index contributed by atoms with van der Waals surface area (Å²) in [6.45, 7) is 0.496. The molecule has 0 unspecified atom stereocenters. The van der Waals surface area contributed by atoms with Gasteiger partial charge in [-0.3, -0.25) is 10.1 Å². The maximum atomic E-state index is 11.0. The van der Waals surface area contributed by atoms with Gasteiger partial charge in [-0.2, -0.15) is 0 Å². The second-order valence-electron chi connectivity index (χ2n) is 3.63. The van der Waals surface area contributed by atoms with Crippen molar-refractivity contribution < 1.29 is 14.4 Å². The number of carboxylic acids is 1. The predicted molar refractivity (Wildman–Crippen MR) is 47.6 cm³/mol. The van der Waals surface area contributed by atoms with E-state index in [1.54, 1.807) is 6.20 Å². The van der Waals surface area contributed by atoms with E-state index in [-0.39, 0.29) is 0 Å². The van der Waals surface area contributed by atoms with Gasteiger partial charge in [-0.15, -0.1) is 0 Å². The third-order valence-corrected chi connectivity index (χ3v) is 2.73. The van der Waals surface area contributed by atoms with Crippen LogP contribution in [0, 0.1) is 0 Å². The molecule has 1 fully saturated rings. The molecule has 0 saturated heterocycles. The molecule has 1 aromatic rings. The molecular weight excluding hydrogens is 184 g/mol. The molecular formula is C9H12N2O3. The van der Waals surface area contributed by atoms with E-state index < -0.39 is 11.5 Å². The van der Waals surface area contributed by atoms with E-state index in [1.165, 1.54) is 6.26 Å². The van der Waals surface area contributed by atoms with Gasteiger partial charge in [0.1, 0.15) is 11.8 Å². The van der Waals surface area contributed by atoms with Crippen molar-refractivity contribution in [2.75, 3.05) is 0 Å². The van der Waals surface area contributed by atoms with Crippen molar-refractivity contribution in [3.8, 4) is 0 Å². The summed E-state index contributed by atoms with van der Waals surface area (Å²) in [4.78, 5) is 11.0. The zero-order valence-corrected chi connectivity index (χ0v) is 7.69. The standard InChI is InChI=1S/C9H12N2O3/c12-8(13)9(2-1-3-9)10-4-7-5-11-14-6-7/h5-6,10H,1-4H2,(H,12,13). The summed E-state index contributed by atoms with van der Waals surface area (Å²) in [7, 11) is 0. The van der Waals surface area contributed by atoms with Crippen molar-refractivity contribution in [1.82, 2.24) is 10.5 Å². The molecule has 1 aliphatic rings. The van der Waals surface area contributed by atoms with Crippen LogP contribution in [0.1, 0.15) is 24.8 Å². The lowest BCUT2D eigenvalue weighted by Crippen LogP contribution is -2.56. The molecule has 1 saturated carbocycles. The number of aliphatic carboxylic acids is 1. The molecule has 0 spiro atoms. The molecule has 1 aliphatic carbocycles. The van der Waals surface area contributed by atoms with E-state index >= 15 is 0 Å². The van der Waals surface area contributed by atoms with Crippen LogP contribution in [0.5, 0.6) is 0 Å². The van der Waals surface area contributed by atoms with E-state index in [0.29, 0.717) is 19.4 Å². The van der Waals surface area contributed by atoms with Gasteiger partial charge in [0.05, 0.1) is 6.20 Å². The number of aromatic nitrogens is 1. The molecule has 14 heavy (non-hydrogen) atoms. The van der Waals surface area contributed by atoms with Crippen LogP contribution < -0.4 is 5.32 Å². The van der Waals surface area contributed by atoms with Crippen LogP contribution in [0.25, 0.3) is 0 Å². The van der Waals surface area contributed by atoms with Gasteiger partial charge < -0.3 is 9.63 Å². The van der Waals surface area contributed by atoms with Crippen LogP contribution in [0.3, 0.4) is 0 Å². The SMILES string of the molecule is O=C(O)C1(NCc2cnoc2)CCC1. The fourth-order valence-electron chi connectivity index (χ4n) is 1.58. The maximum Gasteiger partial charge on any atom is 0.323 e. The van der Waals surface area contributed by atoms with Gasteiger partial charge in [0, 0.05) is 12.1 Å². The highest BCUT2D eigenvalue weighted by atomic mass is 16.5. The van der Waals surface area contributed by atoms with E-state index in [9.17, 15) is 4.79 Å². The molecule has 0 aliphatic heterocycles. The quantitative estimate of drug-likeness (QED) is 0.744. The number of carboxylic acid groups (broad SMARTS) is 1. The average molecular weight is 196 g/mol. The third-order valence-electron chi connectivity index (χ3n) is 2.73. The number of rotatable bonds is 4. The van der Waals surface area contributed by atoms with Crippen molar-refractivity contribution in [2.24, 2.45) is 0 Å². The fourth-order valence-corrected chi connectivity index (χ4v) is 1.58. The highest BCUT2D eigenvalue weighted by Gasteiger charge is 2.43. The highest BCUT2D eigenvalue weighted by molar-refractivity contribution is 5.79. The molecule has 1 aromatic heterocycles. The van der Waals surface area contributed by atoms with Crippen LogP contribution in [0.4, 0.5) is 0 Å². The largest absolute Gasteiger partial charge is 0.480 e. The number of nitrogens with zero attached hydrogens (tertiary/aromatic N) is 1. The Labute approximate surface area is 81.1 Å². The lowest BCUT2D eigenvalue weighted by atomic mass is 9.77. The van der Waals surface area contributed by atoms with Crippen molar-refractivity contribution in [2.45, 2.75) is 31.3 Å². The Hall–Kier alpha value is -1.36. The van der Waals surface area contributed by atoms with Gasteiger partial charge >= 0.3 is 5.97 Å². The molecule has 0 amide bonds. The van der Waals surface area contributed by atoms with Crippen molar-refractivity contribution >= 4 is 5.97 Å². The van der Waals surface area contributed by atoms with E-state index in [2.05, 4.69) is 15.0 Å². The lowest BCUT2D eigenvalue weighted by Gasteiger charge is -2.38. The summed E-state index contributed by atoms with van der Waals surface area (Å²) in [5.41, 5.74) is 0.162. The molecule has 0 atom stereocenters. The van der Waals surface area contributed by atoms with Crippen molar-refractivity contribution in [3.05, 3.63) is 18.0 Å². The van der Waals surface area contributed by atoms with Crippen LogP contribution in [0.2, 0.25) is 0 Å². The second-order valence-corrected chi connectivity index (χ2v) is 3.63. The topological polar surface area (TPSA) is 75.4 Å². The Balaban J connectivity index is 1.93. The Morgan fingerprint density at radius 1 is 1.71 bits per heavy atom. The number of hydrogen-bond donors (Lipinski definition) is 2. The number of carbonyl (C=O) groups is 1. The van der Waals surface area contributed by atoms with Crippen molar-refractivity contribution in [3.63, 3.8) is 0 Å². The maximum absolute atomic E-state index is 11.0. The van der Waals surface area contributed by atoms with Gasteiger partial charge in [-0.25, -0.2) is 0 Å². The predicted octanol–water partition coefficient (Wildman–Crippen LogP) is 0.771. The fraction of sp³-hybridized carbons (Fsp3) is 0.556. The third kappa shape index (κ3) is 1.50. The van der Waals surface area contributed by atoms with E-state index in [4.69, 9.17) is 5.11 Å². The Kier molecular flexibility index (Phi) is 2.25. The smallest absolute Gasteiger partial charge is 0.323 e. The number of hydrogen-bond acceptors (Lipinski definition) is 4. The first-order chi connectivity index (χ1) is 6.73. The highest BCUT2D eigenvalue weighted by Crippen LogP contribution is 2.32. The van der Waals surface area contributed by atoms with Crippen LogP contribution in [0.15, 0.2) is 17.0 Å². The first-order valence-corrected chi connectivity index (χ1v) is 4.60. The molecule has 5 nitrogen and oxygen atoms in total. The van der Waals surface area contributed by atoms with E-state index in [1.807, 2.05) is 0 Å². The Bertz CT molecular complexity index is 317. The van der Waals surface area contributed by atoms with Gasteiger partial charge in [0.15, 0.2) is 0 Å². The van der Waals surface area contributed by atoms with Crippen LogP contribution in [-0.4, -0.2) is 21.8 Å². The first kappa shape index (κ1) is 9.21. The summed E-state index contributed by atoms with van der Waals surface area (Å²) in [6, 6.07) is 0. The minimum Gasteiger partial charge on any atom is -0.480 e. The Morgan fingerprint density at radius 3 is 2.93 bits per heavy atom. The molecule has 5 heteroatoms. The summed E-state index contributed by atoms with van der Waals surface area (Å²) >= 11 is 0. The molecule has 2 N–H and O–H groups in total. The molecule has 1 heterocycles. The summed E-state index contributed by atoms with van der Waals surface area (Å²) < 4.78 is 4.65. The molecule has 0 bridgehead atoms. The average Bonchev–Trinajstić information content (AvgIpc) is 2.53. The first-order valence-electron chi connectivity index (χ1n) is 4.60. The van der Waals surface area contributed by atoms with E-state index in [0.717, 1.165) is 12.0 Å². The van der Waals surface area contributed by atoms with Gasteiger partial charge in [0.2, 0.25) is 0 Å². The van der Waals surface area contributed by atoms with Gasteiger partial charge in [-0.05, 0) is 19.3 Å². The summed E-state index contributed by atoms with van der Waals surface area (Å²) in [5, 5.41) is 15.6. The molecule has 0 radical (unpaired) electrons. The molecule has 0 aromatic carbocycles. The molecule has 2 rings (SSSR count). The summed E-state index contributed by atoms with van der Waals surface area (Å²) in [6.07, 6.45) is 5.48. The molecule has 76 valence electrons. The van der Waals surface area contributed by atoms with Gasteiger partial charge in [0.25, 0.3) is 0 Å². The van der Waals surface area contributed by atoms with Crippen LogP contribution in [-0.2, 0) is 11.3 Å². The lowest BCUT2D eigenvalue weighted by molar-refractivity contribution is -0.148. The summed E-state index contributed by atoms with van der Waals surface area (Å²) in [5.74, 6) is -0.764. The zero-order valence-electron chi connectivity index (χ0n) is 7.69. The number of nitrogens with one attached hydrogen (secondary N) is 1. The Morgan fingerprint density at radius 2 is 2.50 bits per heavy atom. The minimum absolute atomic E-state index is 0.496. The van der Waals surface area contributed by atoms with Crippen LogP contribution >= 0.6 is 0 Å². The second kappa shape index (κ2) is 3.42. The minimum atomic E-state index is -0.764. The zero-order chi connectivity index (χ0) is 10.0. The monoisotopic (exact) mass is 196 g/mol. The normalized spacial score (nSPS) is 18.9.